The van der Waals surface area contributed by atoms with Crippen molar-refractivity contribution in [2.45, 2.75) is 32.2 Å². The first kappa shape index (κ1) is 11.1. The van der Waals surface area contributed by atoms with Gasteiger partial charge in [-0.15, -0.1) is 0 Å². The summed E-state index contributed by atoms with van der Waals surface area (Å²) in [5.41, 5.74) is 0. The number of fused-ring (bicyclic) bond motifs is 1. The van der Waals surface area contributed by atoms with Crippen LogP contribution < -0.4 is 0 Å². The number of rotatable bonds is 3. The highest BCUT2D eigenvalue weighted by molar-refractivity contribution is 5.95. The second kappa shape index (κ2) is 4.23. The van der Waals surface area contributed by atoms with Crippen LogP contribution in [-0.4, -0.2) is 53.1 Å². The van der Waals surface area contributed by atoms with Crippen molar-refractivity contribution in [1.29, 1.82) is 0 Å². The highest BCUT2D eigenvalue weighted by Gasteiger charge is 2.41. The second-order valence-corrected chi connectivity index (χ2v) is 4.46. The highest BCUT2D eigenvalue weighted by Crippen LogP contribution is 2.23. The molecule has 2 rings (SSSR count). The van der Waals surface area contributed by atoms with Crippen molar-refractivity contribution in [3.63, 3.8) is 0 Å². The van der Waals surface area contributed by atoms with E-state index in [2.05, 4.69) is 0 Å². The van der Waals surface area contributed by atoms with E-state index in [9.17, 15) is 14.4 Å². The highest BCUT2D eigenvalue weighted by atomic mass is 16.2. The Labute approximate surface area is 94.4 Å². The predicted molar refractivity (Wildman–Crippen MR) is 56.6 cm³/mol. The van der Waals surface area contributed by atoms with Crippen molar-refractivity contribution < 1.29 is 14.4 Å². The molecule has 1 unspecified atom stereocenters. The van der Waals surface area contributed by atoms with Crippen molar-refractivity contribution in [3.8, 4) is 0 Å². The van der Waals surface area contributed by atoms with Crippen molar-refractivity contribution in [3.05, 3.63) is 0 Å². The zero-order chi connectivity index (χ0) is 11.7. The van der Waals surface area contributed by atoms with E-state index in [1.54, 1.807) is 4.90 Å². The molecule has 0 saturated carbocycles. The van der Waals surface area contributed by atoms with Gasteiger partial charge in [0.15, 0.2) is 0 Å². The maximum atomic E-state index is 12.0. The standard InChI is InChI=1S/C11H16N2O3/c1-8(14)4-6-12-7-10(15)13-5-2-3-9(13)11(12)16/h9H,2-7H2,1H3. The molecule has 5 nitrogen and oxygen atoms in total. The topological polar surface area (TPSA) is 57.7 Å². The van der Waals surface area contributed by atoms with Crippen molar-refractivity contribution in [2.24, 2.45) is 0 Å². The minimum Gasteiger partial charge on any atom is -0.331 e. The van der Waals surface area contributed by atoms with Crippen molar-refractivity contribution >= 4 is 17.6 Å². The zero-order valence-corrected chi connectivity index (χ0v) is 9.44. The van der Waals surface area contributed by atoms with Crippen LogP contribution in [0, 0.1) is 0 Å². The molecule has 0 aliphatic carbocycles. The Morgan fingerprint density at radius 3 is 2.88 bits per heavy atom. The molecule has 1 atom stereocenters. The number of carbonyl (C=O) groups excluding carboxylic acids is 3. The SMILES string of the molecule is CC(=O)CCN1CC(=O)N2CCCC2C1=O. The normalized spacial score (nSPS) is 24.9. The summed E-state index contributed by atoms with van der Waals surface area (Å²) >= 11 is 0. The molecule has 0 radical (unpaired) electrons. The van der Waals surface area contributed by atoms with Gasteiger partial charge in [0.25, 0.3) is 0 Å². The minimum atomic E-state index is -0.256. The first-order chi connectivity index (χ1) is 7.59. The molecule has 88 valence electrons. The molecule has 2 heterocycles. The fraction of sp³-hybridized carbons (Fsp3) is 0.727. The number of nitrogens with zero attached hydrogens (tertiary/aromatic N) is 2. The summed E-state index contributed by atoms with van der Waals surface area (Å²) in [4.78, 5) is 37.8. The van der Waals surface area contributed by atoms with Gasteiger partial charge in [-0.3, -0.25) is 14.4 Å². The first-order valence-corrected chi connectivity index (χ1v) is 5.67. The second-order valence-electron chi connectivity index (χ2n) is 4.46. The Hall–Kier alpha value is -1.39. The molecule has 0 aromatic heterocycles. The number of carbonyl (C=O) groups is 3. The third-order valence-corrected chi connectivity index (χ3v) is 3.23. The number of amides is 2. The van der Waals surface area contributed by atoms with Crippen LogP contribution in [0.15, 0.2) is 0 Å². The lowest BCUT2D eigenvalue weighted by atomic mass is 10.1. The number of ketones is 1. The van der Waals surface area contributed by atoms with E-state index >= 15 is 0 Å². The van der Waals surface area contributed by atoms with Gasteiger partial charge in [0.05, 0.1) is 6.54 Å². The molecular weight excluding hydrogens is 208 g/mol. The van der Waals surface area contributed by atoms with E-state index in [-0.39, 0.29) is 30.2 Å². The van der Waals surface area contributed by atoms with Crippen LogP contribution in [0.3, 0.4) is 0 Å². The van der Waals surface area contributed by atoms with Gasteiger partial charge in [-0.05, 0) is 19.8 Å². The smallest absolute Gasteiger partial charge is 0.245 e. The summed E-state index contributed by atoms with van der Waals surface area (Å²) in [6.45, 7) is 2.72. The van der Waals surface area contributed by atoms with Crippen LogP contribution in [-0.2, 0) is 14.4 Å². The number of Topliss-reactive ketones (excluding diaryl/α,β-unsaturated/α-hetero) is 1. The maximum absolute atomic E-state index is 12.0. The fourth-order valence-corrected chi connectivity index (χ4v) is 2.35. The first-order valence-electron chi connectivity index (χ1n) is 5.67. The van der Waals surface area contributed by atoms with Crippen LogP contribution in [0.25, 0.3) is 0 Å². The summed E-state index contributed by atoms with van der Waals surface area (Å²) < 4.78 is 0. The molecule has 2 aliphatic rings. The van der Waals surface area contributed by atoms with Gasteiger partial charge in [-0.25, -0.2) is 0 Å². The molecule has 5 heteroatoms. The third kappa shape index (κ3) is 1.94. The molecule has 0 aromatic rings. The minimum absolute atomic E-state index is 0.0124. The molecular formula is C11H16N2O3. The van der Waals surface area contributed by atoms with Gasteiger partial charge < -0.3 is 9.80 Å². The van der Waals surface area contributed by atoms with Crippen molar-refractivity contribution in [1.82, 2.24) is 9.80 Å². The third-order valence-electron chi connectivity index (χ3n) is 3.23. The molecule has 0 bridgehead atoms. The molecule has 2 fully saturated rings. The molecule has 16 heavy (non-hydrogen) atoms. The van der Waals surface area contributed by atoms with E-state index in [4.69, 9.17) is 0 Å². The lowest BCUT2D eigenvalue weighted by Gasteiger charge is -2.36. The average Bonchev–Trinajstić information content (AvgIpc) is 2.70. The number of piperazine rings is 1. The summed E-state index contributed by atoms with van der Waals surface area (Å²) in [7, 11) is 0. The van der Waals surface area contributed by atoms with E-state index in [1.165, 1.54) is 11.8 Å². The zero-order valence-electron chi connectivity index (χ0n) is 9.44. The van der Waals surface area contributed by atoms with Crippen LogP contribution in [0.1, 0.15) is 26.2 Å². The summed E-state index contributed by atoms with van der Waals surface area (Å²) in [5.74, 6) is 0.0816. The molecule has 2 amide bonds. The van der Waals surface area contributed by atoms with Crippen LogP contribution >= 0.6 is 0 Å². The van der Waals surface area contributed by atoms with Gasteiger partial charge in [0, 0.05) is 19.5 Å². The molecule has 0 spiro atoms. The summed E-state index contributed by atoms with van der Waals surface area (Å²) in [6.07, 6.45) is 2.01. The number of hydrogen-bond donors (Lipinski definition) is 0. The van der Waals surface area contributed by atoms with E-state index in [1.807, 2.05) is 0 Å². The monoisotopic (exact) mass is 224 g/mol. The largest absolute Gasteiger partial charge is 0.331 e. The Morgan fingerprint density at radius 1 is 1.44 bits per heavy atom. The van der Waals surface area contributed by atoms with Gasteiger partial charge in [-0.1, -0.05) is 0 Å². The van der Waals surface area contributed by atoms with Crippen LogP contribution in [0.5, 0.6) is 0 Å². The van der Waals surface area contributed by atoms with Crippen LogP contribution in [0.4, 0.5) is 0 Å². The molecule has 2 saturated heterocycles. The lowest BCUT2D eigenvalue weighted by molar-refractivity contribution is -0.153. The van der Waals surface area contributed by atoms with E-state index < -0.39 is 0 Å². The average molecular weight is 224 g/mol. The Morgan fingerprint density at radius 2 is 2.19 bits per heavy atom. The quantitative estimate of drug-likeness (QED) is 0.667. The Bertz CT molecular complexity index is 340. The molecule has 0 aromatic carbocycles. The maximum Gasteiger partial charge on any atom is 0.245 e. The van der Waals surface area contributed by atoms with Gasteiger partial charge in [0.2, 0.25) is 11.8 Å². The summed E-state index contributed by atoms with van der Waals surface area (Å²) in [6, 6.07) is -0.256. The summed E-state index contributed by atoms with van der Waals surface area (Å²) in [5, 5.41) is 0. The van der Waals surface area contributed by atoms with Gasteiger partial charge in [0.1, 0.15) is 11.8 Å². The Balaban J connectivity index is 2.02. The van der Waals surface area contributed by atoms with Crippen LogP contribution in [0.2, 0.25) is 0 Å². The predicted octanol–water partition coefficient (Wildman–Crippen LogP) is -0.201. The Kier molecular flexibility index (Phi) is 2.94. The lowest BCUT2D eigenvalue weighted by Crippen LogP contribution is -2.57. The van der Waals surface area contributed by atoms with Gasteiger partial charge in [-0.2, -0.15) is 0 Å². The van der Waals surface area contributed by atoms with E-state index in [0.29, 0.717) is 19.5 Å². The molecule has 0 N–H and O–H groups in total. The number of hydrogen-bond acceptors (Lipinski definition) is 3. The fourth-order valence-electron chi connectivity index (χ4n) is 2.35. The molecule has 2 aliphatic heterocycles. The van der Waals surface area contributed by atoms with Gasteiger partial charge >= 0.3 is 0 Å². The van der Waals surface area contributed by atoms with Crippen molar-refractivity contribution in [2.75, 3.05) is 19.6 Å². The van der Waals surface area contributed by atoms with E-state index in [0.717, 1.165) is 12.8 Å².